The van der Waals surface area contributed by atoms with Gasteiger partial charge in [0.1, 0.15) is 4.88 Å². The van der Waals surface area contributed by atoms with E-state index < -0.39 is 0 Å². The lowest BCUT2D eigenvalue weighted by Gasteiger charge is -2.36. The maximum atomic E-state index is 12.5. The number of rotatable bonds is 3. The molecule has 8 nitrogen and oxygen atoms in total. The molecule has 1 aromatic rings. The van der Waals surface area contributed by atoms with Gasteiger partial charge < -0.3 is 19.6 Å². The Morgan fingerprint density at radius 3 is 2.81 bits per heavy atom. The molecular formula is C12H20N4O4S. The number of aromatic nitrogens is 2. The van der Waals surface area contributed by atoms with Gasteiger partial charge in [0.25, 0.3) is 12.4 Å². The van der Waals surface area contributed by atoms with Crippen LogP contribution in [0.1, 0.15) is 15.4 Å². The average Bonchev–Trinajstić information content (AvgIpc) is 2.85. The molecule has 1 aliphatic heterocycles. The quantitative estimate of drug-likeness (QED) is 0.781. The van der Waals surface area contributed by atoms with Crippen molar-refractivity contribution in [3.63, 3.8) is 0 Å². The first kappa shape index (κ1) is 17.5. The van der Waals surface area contributed by atoms with Crippen LogP contribution in [-0.4, -0.2) is 83.3 Å². The maximum absolute atomic E-state index is 12.5. The van der Waals surface area contributed by atoms with Gasteiger partial charge in [-0.25, -0.2) is 0 Å². The van der Waals surface area contributed by atoms with Crippen molar-refractivity contribution in [2.75, 3.05) is 40.4 Å². The van der Waals surface area contributed by atoms with Gasteiger partial charge in [-0.1, -0.05) is 4.49 Å². The fraction of sp³-hybridized carbons (Fsp3) is 0.667. The predicted octanol–water partition coefficient (Wildman–Crippen LogP) is -0.0501. The summed E-state index contributed by atoms with van der Waals surface area (Å²) >= 11 is 1.17. The second-order valence-electron chi connectivity index (χ2n) is 4.78. The van der Waals surface area contributed by atoms with Crippen LogP contribution in [0.4, 0.5) is 0 Å². The van der Waals surface area contributed by atoms with Crippen LogP contribution in [0.2, 0.25) is 0 Å². The monoisotopic (exact) mass is 316 g/mol. The number of carbonyl (C=O) groups excluding carboxylic acids is 1. The van der Waals surface area contributed by atoms with Crippen molar-refractivity contribution in [3.8, 4) is 0 Å². The third-order valence-corrected chi connectivity index (χ3v) is 3.73. The third kappa shape index (κ3) is 5.03. The van der Waals surface area contributed by atoms with E-state index in [4.69, 9.17) is 14.6 Å². The SMILES string of the molecule is Cc1nnsc1C(=O)N1CCOCC1CN(C)C.O=CO. The minimum Gasteiger partial charge on any atom is -0.483 e. The molecule has 1 aliphatic rings. The highest BCUT2D eigenvalue weighted by molar-refractivity contribution is 7.07. The molecule has 2 heterocycles. The van der Waals surface area contributed by atoms with E-state index in [1.807, 2.05) is 25.9 Å². The van der Waals surface area contributed by atoms with E-state index in [1.165, 1.54) is 11.5 Å². The lowest BCUT2D eigenvalue weighted by atomic mass is 10.2. The van der Waals surface area contributed by atoms with Gasteiger partial charge in [-0.2, -0.15) is 0 Å². The Balaban J connectivity index is 0.000000677. The van der Waals surface area contributed by atoms with Crippen LogP contribution in [-0.2, 0) is 9.53 Å². The van der Waals surface area contributed by atoms with Crippen molar-refractivity contribution in [2.45, 2.75) is 13.0 Å². The zero-order valence-electron chi connectivity index (χ0n) is 12.4. The van der Waals surface area contributed by atoms with Crippen LogP contribution in [0.3, 0.4) is 0 Å². The van der Waals surface area contributed by atoms with E-state index in [9.17, 15) is 4.79 Å². The molecule has 1 amide bonds. The molecule has 1 aromatic heterocycles. The van der Waals surface area contributed by atoms with Crippen LogP contribution in [0.15, 0.2) is 0 Å². The number of carboxylic acid groups (broad SMARTS) is 1. The number of nitrogens with zero attached hydrogens (tertiary/aromatic N) is 4. The average molecular weight is 316 g/mol. The molecule has 0 bridgehead atoms. The topological polar surface area (TPSA) is 95.9 Å². The smallest absolute Gasteiger partial charge is 0.290 e. The van der Waals surface area contributed by atoms with Crippen molar-refractivity contribution >= 4 is 23.9 Å². The summed E-state index contributed by atoms with van der Waals surface area (Å²) in [5.74, 6) is 0.0256. The molecule has 1 fully saturated rings. The number of amides is 1. The molecule has 1 N–H and O–H groups in total. The molecule has 9 heteroatoms. The van der Waals surface area contributed by atoms with Gasteiger partial charge >= 0.3 is 0 Å². The molecule has 0 spiro atoms. The highest BCUT2D eigenvalue weighted by Gasteiger charge is 2.30. The minimum atomic E-state index is -0.250. The summed E-state index contributed by atoms with van der Waals surface area (Å²) in [7, 11) is 3.99. The summed E-state index contributed by atoms with van der Waals surface area (Å²) < 4.78 is 9.29. The highest BCUT2D eigenvalue weighted by atomic mass is 32.1. The van der Waals surface area contributed by atoms with Gasteiger partial charge in [0, 0.05) is 13.1 Å². The fourth-order valence-electron chi connectivity index (χ4n) is 2.05. The first-order valence-electron chi connectivity index (χ1n) is 6.41. The van der Waals surface area contributed by atoms with E-state index in [2.05, 4.69) is 14.5 Å². The van der Waals surface area contributed by atoms with Gasteiger partial charge in [0.05, 0.1) is 24.9 Å². The Kier molecular flexibility index (Phi) is 7.20. The highest BCUT2D eigenvalue weighted by Crippen LogP contribution is 2.17. The Morgan fingerprint density at radius 2 is 2.29 bits per heavy atom. The van der Waals surface area contributed by atoms with Gasteiger partial charge in [0.2, 0.25) is 0 Å². The molecule has 0 radical (unpaired) electrons. The van der Waals surface area contributed by atoms with E-state index in [0.29, 0.717) is 30.3 Å². The van der Waals surface area contributed by atoms with Crippen molar-refractivity contribution in [1.82, 2.24) is 19.4 Å². The molecule has 1 saturated heterocycles. The first-order chi connectivity index (χ1) is 10.0. The number of ether oxygens (including phenoxy) is 1. The maximum Gasteiger partial charge on any atom is 0.290 e. The van der Waals surface area contributed by atoms with Crippen LogP contribution in [0, 0.1) is 6.92 Å². The molecule has 0 aromatic carbocycles. The van der Waals surface area contributed by atoms with E-state index in [-0.39, 0.29) is 18.4 Å². The number of likely N-dealkylation sites (N-methyl/N-ethyl adjacent to an activating group) is 1. The zero-order valence-corrected chi connectivity index (χ0v) is 13.2. The molecule has 21 heavy (non-hydrogen) atoms. The second-order valence-corrected chi connectivity index (χ2v) is 5.54. The summed E-state index contributed by atoms with van der Waals surface area (Å²) in [6.45, 7) is 4.19. The third-order valence-electron chi connectivity index (χ3n) is 2.91. The molecule has 0 saturated carbocycles. The van der Waals surface area contributed by atoms with Crippen LogP contribution < -0.4 is 0 Å². The Morgan fingerprint density at radius 1 is 1.62 bits per heavy atom. The summed E-state index contributed by atoms with van der Waals surface area (Å²) in [4.78, 5) is 25.4. The molecule has 1 unspecified atom stereocenters. The molecule has 118 valence electrons. The lowest BCUT2D eigenvalue weighted by molar-refractivity contribution is -0.122. The molecule has 2 rings (SSSR count). The second kappa shape index (κ2) is 8.65. The lowest BCUT2D eigenvalue weighted by Crippen LogP contribution is -2.52. The van der Waals surface area contributed by atoms with Crippen LogP contribution >= 0.6 is 11.5 Å². The Hall–Kier alpha value is -1.58. The minimum absolute atomic E-state index is 0.0256. The number of hydrogen-bond acceptors (Lipinski definition) is 7. The van der Waals surface area contributed by atoms with E-state index in [1.54, 1.807) is 0 Å². The summed E-state index contributed by atoms with van der Waals surface area (Å²) in [6.07, 6.45) is 0. The summed E-state index contributed by atoms with van der Waals surface area (Å²) in [5.41, 5.74) is 0.708. The van der Waals surface area contributed by atoms with Gasteiger partial charge in [-0.15, -0.1) is 5.10 Å². The number of carbonyl (C=O) groups is 2. The summed E-state index contributed by atoms with van der Waals surface area (Å²) in [5, 5.41) is 10.8. The van der Waals surface area contributed by atoms with E-state index >= 15 is 0 Å². The van der Waals surface area contributed by atoms with Crippen LogP contribution in [0.25, 0.3) is 0 Å². The van der Waals surface area contributed by atoms with Crippen LogP contribution in [0.5, 0.6) is 0 Å². The summed E-state index contributed by atoms with van der Waals surface area (Å²) in [6, 6.07) is 0.0998. The van der Waals surface area contributed by atoms with Crippen molar-refractivity contribution in [2.24, 2.45) is 0 Å². The van der Waals surface area contributed by atoms with Crippen molar-refractivity contribution in [1.29, 1.82) is 0 Å². The Bertz CT molecular complexity index is 466. The first-order valence-corrected chi connectivity index (χ1v) is 7.18. The van der Waals surface area contributed by atoms with Gasteiger partial charge in [-0.05, 0) is 32.6 Å². The van der Waals surface area contributed by atoms with Crippen molar-refractivity contribution < 1.29 is 19.4 Å². The normalized spacial score (nSPS) is 18.1. The largest absolute Gasteiger partial charge is 0.483 e. The van der Waals surface area contributed by atoms with Crippen molar-refractivity contribution in [3.05, 3.63) is 10.6 Å². The molecular weight excluding hydrogens is 296 g/mol. The zero-order chi connectivity index (χ0) is 15.8. The van der Waals surface area contributed by atoms with Gasteiger partial charge in [-0.3, -0.25) is 9.59 Å². The van der Waals surface area contributed by atoms with E-state index in [0.717, 1.165) is 6.54 Å². The number of morpholine rings is 1. The molecule has 0 aliphatic carbocycles. The van der Waals surface area contributed by atoms with Gasteiger partial charge in [0.15, 0.2) is 0 Å². The number of hydrogen-bond donors (Lipinski definition) is 1. The number of aryl methyl sites for hydroxylation is 1. The standard InChI is InChI=1S/C11H18N4O2S.CH2O2/c1-8-10(18-13-12-8)11(16)15-4-5-17-7-9(15)6-14(2)3;2-1-3/h9H,4-7H2,1-3H3;1H,(H,2,3). The fourth-order valence-corrected chi connectivity index (χ4v) is 2.67. The Labute approximate surface area is 127 Å². The predicted molar refractivity (Wildman–Crippen MR) is 77.5 cm³/mol. The molecule has 1 atom stereocenters.